The molecule has 5 heteroatoms. The number of anilines is 1. The Balaban J connectivity index is 1.74. The first-order chi connectivity index (χ1) is 8.92. The van der Waals surface area contributed by atoms with E-state index >= 15 is 0 Å². The Bertz CT molecular complexity index is 488. The smallest absolute Gasteiger partial charge is 0.123 e. The van der Waals surface area contributed by atoms with E-state index in [1.54, 1.807) is 12.7 Å². The minimum Gasteiger partial charge on any atom is -0.381 e. The van der Waals surface area contributed by atoms with E-state index < -0.39 is 0 Å². The largest absolute Gasteiger partial charge is 0.381 e. The lowest BCUT2D eigenvalue weighted by Gasteiger charge is -2.25. The van der Waals surface area contributed by atoms with Gasteiger partial charge >= 0.3 is 0 Å². The van der Waals surface area contributed by atoms with E-state index in [9.17, 15) is 0 Å². The zero-order valence-electron chi connectivity index (χ0n) is 10.2. The third kappa shape index (κ3) is 2.51. The van der Waals surface area contributed by atoms with Crippen molar-refractivity contribution >= 4 is 5.69 Å². The first kappa shape index (κ1) is 11.2. The highest BCUT2D eigenvalue weighted by Crippen LogP contribution is 2.16. The van der Waals surface area contributed by atoms with Crippen LogP contribution in [0.2, 0.25) is 0 Å². The molecule has 1 aliphatic rings. The van der Waals surface area contributed by atoms with Crippen LogP contribution in [-0.4, -0.2) is 33.9 Å². The molecule has 1 fully saturated rings. The van der Waals surface area contributed by atoms with Gasteiger partial charge in [-0.05, 0) is 37.6 Å². The van der Waals surface area contributed by atoms with Crippen LogP contribution in [0.1, 0.15) is 12.8 Å². The van der Waals surface area contributed by atoms with Crippen molar-refractivity contribution in [2.45, 2.75) is 18.9 Å². The van der Waals surface area contributed by atoms with Gasteiger partial charge in [-0.1, -0.05) is 6.07 Å². The van der Waals surface area contributed by atoms with E-state index in [4.69, 9.17) is 0 Å². The Morgan fingerprint density at radius 1 is 1.28 bits per heavy atom. The van der Waals surface area contributed by atoms with Gasteiger partial charge in [-0.2, -0.15) is 0 Å². The Morgan fingerprint density at radius 3 is 2.94 bits per heavy atom. The van der Waals surface area contributed by atoms with Gasteiger partial charge in [0.05, 0.1) is 5.69 Å². The quantitative estimate of drug-likeness (QED) is 0.856. The van der Waals surface area contributed by atoms with Crippen LogP contribution < -0.4 is 10.6 Å². The number of rotatable bonds is 3. The standard InChI is InChI=1S/C13H17N5/c1-3-11(17-12-4-2-6-14-8-12)7-13(5-1)18-9-15-16-10-18/h1,3,5,7,9-10,12,14,17H,2,4,6,8H2. The van der Waals surface area contributed by atoms with Gasteiger partial charge in [0.15, 0.2) is 0 Å². The fraction of sp³-hybridized carbons (Fsp3) is 0.385. The second kappa shape index (κ2) is 5.18. The lowest BCUT2D eigenvalue weighted by molar-refractivity contribution is 0.480. The summed E-state index contributed by atoms with van der Waals surface area (Å²) in [5.74, 6) is 0. The molecule has 0 saturated carbocycles. The molecule has 1 unspecified atom stereocenters. The van der Waals surface area contributed by atoms with Crippen LogP contribution in [0.5, 0.6) is 0 Å². The summed E-state index contributed by atoms with van der Waals surface area (Å²) in [5.41, 5.74) is 2.23. The molecule has 5 nitrogen and oxygen atoms in total. The molecular formula is C13H17N5. The Kier molecular flexibility index (Phi) is 3.23. The van der Waals surface area contributed by atoms with Crippen molar-refractivity contribution in [3.05, 3.63) is 36.9 Å². The monoisotopic (exact) mass is 243 g/mol. The van der Waals surface area contributed by atoms with Crippen LogP contribution in [0.4, 0.5) is 5.69 Å². The van der Waals surface area contributed by atoms with Gasteiger partial charge in [-0.3, -0.25) is 4.57 Å². The Hall–Kier alpha value is -1.88. The van der Waals surface area contributed by atoms with Crippen molar-refractivity contribution in [1.82, 2.24) is 20.1 Å². The molecule has 1 aromatic heterocycles. The van der Waals surface area contributed by atoms with E-state index in [2.05, 4.69) is 33.0 Å². The van der Waals surface area contributed by atoms with Crippen LogP contribution >= 0.6 is 0 Å². The number of nitrogens with one attached hydrogen (secondary N) is 2. The van der Waals surface area contributed by atoms with E-state index in [0.29, 0.717) is 6.04 Å². The van der Waals surface area contributed by atoms with E-state index in [0.717, 1.165) is 24.5 Å². The maximum Gasteiger partial charge on any atom is 0.123 e. The molecule has 1 aromatic carbocycles. The molecule has 0 amide bonds. The summed E-state index contributed by atoms with van der Waals surface area (Å²) in [6, 6.07) is 8.84. The highest BCUT2D eigenvalue weighted by Gasteiger charge is 2.12. The molecule has 94 valence electrons. The summed E-state index contributed by atoms with van der Waals surface area (Å²) in [5, 5.41) is 14.6. The maximum absolute atomic E-state index is 3.83. The summed E-state index contributed by atoms with van der Waals surface area (Å²) in [6.45, 7) is 2.18. The third-order valence-corrected chi connectivity index (χ3v) is 3.23. The molecule has 0 aliphatic carbocycles. The number of hydrogen-bond donors (Lipinski definition) is 2. The van der Waals surface area contributed by atoms with Crippen LogP contribution in [0.15, 0.2) is 36.9 Å². The summed E-state index contributed by atoms with van der Waals surface area (Å²) < 4.78 is 1.91. The SMILES string of the molecule is c1cc(NC2CCCNC2)cc(-n2cnnc2)c1. The fourth-order valence-electron chi connectivity index (χ4n) is 2.30. The maximum atomic E-state index is 3.83. The van der Waals surface area contributed by atoms with Crippen molar-refractivity contribution in [3.8, 4) is 5.69 Å². The highest BCUT2D eigenvalue weighted by atomic mass is 15.2. The van der Waals surface area contributed by atoms with E-state index in [1.165, 1.54) is 12.8 Å². The first-order valence-corrected chi connectivity index (χ1v) is 6.34. The minimum atomic E-state index is 0.523. The second-order valence-electron chi connectivity index (χ2n) is 4.61. The molecule has 1 saturated heterocycles. The van der Waals surface area contributed by atoms with Crippen molar-refractivity contribution in [3.63, 3.8) is 0 Å². The van der Waals surface area contributed by atoms with E-state index in [1.807, 2.05) is 16.7 Å². The van der Waals surface area contributed by atoms with Gasteiger partial charge < -0.3 is 10.6 Å². The molecule has 3 rings (SSSR count). The molecule has 1 aliphatic heterocycles. The third-order valence-electron chi connectivity index (χ3n) is 3.23. The highest BCUT2D eigenvalue weighted by molar-refractivity contribution is 5.51. The molecule has 0 radical (unpaired) electrons. The Labute approximate surface area is 106 Å². The van der Waals surface area contributed by atoms with Crippen LogP contribution in [0.3, 0.4) is 0 Å². The van der Waals surface area contributed by atoms with Gasteiger partial charge in [0.1, 0.15) is 12.7 Å². The summed E-state index contributed by atoms with van der Waals surface area (Å²) in [4.78, 5) is 0. The normalized spacial score (nSPS) is 19.7. The zero-order chi connectivity index (χ0) is 12.2. The molecule has 18 heavy (non-hydrogen) atoms. The van der Waals surface area contributed by atoms with Gasteiger partial charge in [0.25, 0.3) is 0 Å². The fourth-order valence-corrected chi connectivity index (χ4v) is 2.30. The zero-order valence-corrected chi connectivity index (χ0v) is 10.2. The number of nitrogens with zero attached hydrogens (tertiary/aromatic N) is 3. The minimum absolute atomic E-state index is 0.523. The lowest BCUT2D eigenvalue weighted by atomic mass is 10.1. The van der Waals surface area contributed by atoms with Crippen LogP contribution in [-0.2, 0) is 0 Å². The summed E-state index contributed by atoms with van der Waals surface area (Å²) in [7, 11) is 0. The molecule has 0 spiro atoms. The number of benzene rings is 1. The van der Waals surface area contributed by atoms with Gasteiger partial charge in [0, 0.05) is 18.3 Å². The number of hydrogen-bond acceptors (Lipinski definition) is 4. The topological polar surface area (TPSA) is 54.8 Å². The molecule has 1 atom stereocenters. The number of aromatic nitrogens is 3. The summed E-state index contributed by atoms with van der Waals surface area (Å²) in [6.07, 6.45) is 5.88. The molecule has 2 N–H and O–H groups in total. The van der Waals surface area contributed by atoms with Crippen molar-refractivity contribution in [1.29, 1.82) is 0 Å². The van der Waals surface area contributed by atoms with Crippen LogP contribution in [0.25, 0.3) is 5.69 Å². The van der Waals surface area contributed by atoms with Crippen molar-refractivity contribution < 1.29 is 0 Å². The molecular weight excluding hydrogens is 226 g/mol. The Morgan fingerprint density at radius 2 is 2.17 bits per heavy atom. The number of piperidine rings is 1. The average Bonchev–Trinajstić information content (AvgIpc) is 2.94. The first-order valence-electron chi connectivity index (χ1n) is 6.34. The van der Waals surface area contributed by atoms with Gasteiger partial charge in [-0.25, -0.2) is 0 Å². The predicted molar refractivity (Wildman–Crippen MR) is 70.9 cm³/mol. The van der Waals surface area contributed by atoms with Crippen LogP contribution in [0, 0.1) is 0 Å². The van der Waals surface area contributed by atoms with Gasteiger partial charge in [0.2, 0.25) is 0 Å². The van der Waals surface area contributed by atoms with E-state index in [-0.39, 0.29) is 0 Å². The lowest BCUT2D eigenvalue weighted by Crippen LogP contribution is -2.38. The molecule has 2 heterocycles. The molecule has 2 aromatic rings. The van der Waals surface area contributed by atoms with Crippen molar-refractivity contribution in [2.24, 2.45) is 0 Å². The predicted octanol–water partition coefficient (Wildman–Crippen LogP) is 1.43. The van der Waals surface area contributed by atoms with Gasteiger partial charge in [-0.15, -0.1) is 10.2 Å². The average molecular weight is 243 g/mol. The summed E-state index contributed by atoms with van der Waals surface area (Å²) >= 11 is 0. The van der Waals surface area contributed by atoms with Crippen molar-refractivity contribution in [2.75, 3.05) is 18.4 Å². The molecule has 0 bridgehead atoms. The second-order valence-corrected chi connectivity index (χ2v) is 4.61.